The molecule has 0 saturated heterocycles. The van der Waals surface area contributed by atoms with E-state index >= 15 is 0 Å². The molecule has 0 amide bonds. The van der Waals surface area contributed by atoms with Gasteiger partial charge in [0, 0.05) is 11.9 Å². The number of alkyl halides is 1. The zero-order chi connectivity index (χ0) is 14.5. The molecule has 0 unspecified atom stereocenters. The van der Waals surface area contributed by atoms with Crippen LogP contribution in [-0.2, 0) is 15.5 Å². The van der Waals surface area contributed by atoms with Gasteiger partial charge in [0.2, 0.25) is 0 Å². The molecule has 0 heterocycles. The molecule has 0 bridgehead atoms. The van der Waals surface area contributed by atoms with Crippen molar-refractivity contribution in [2.24, 2.45) is 0 Å². The normalized spacial score (nSPS) is 11.6. The predicted octanol–water partition coefficient (Wildman–Crippen LogP) is 3.09. The third-order valence-corrected chi connectivity index (χ3v) is 3.49. The number of rotatable bonds is 6. The lowest BCUT2D eigenvalue weighted by Gasteiger charge is -2.24. The Morgan fingerprint density at radius 1 is 1.21 bits per heavy atom. The number of ether oxygens (including phenoxy) is 2. The first-order valence-corrected chi connectivity index (χ1v) is 7.71. The van der Waals surface area contributed by atoms with Crippen LogP contribution in [0.1, 0.15) is 38.8 Å². The second-order valence-electron chi connectivity index (χ2n) is 5.48. The van der Waals surface area contributed by atoms with E-state index in [4.69, 9.17) is 17.3 Å². The fourth-order valence-electron chi connectivity index (χ4n) is 1.81. The molecule has 0 N–H and O–H groups in total. The molecular weight excluding hydrogens is 303 g/mol. The summed E-state index contributed by atoms with van der Waals surface area (Å²) >= 11 is 3.45. The first kappa shape index (κ1) is 16.6. The van der Waals surface area contributed by atoms with Crippen molar-refractivity contribution in [1.29, 1.82) is 0 Å². The monoisotopic (exact) mass is 324 g/mol. The van der Waals surface area contributed by atoms with E-state index in [1.807, 2.05) is 19.1 Å². The van der Waals surface area contributed by atoms with Crippen LogP contribution in [0.25, 0.3) is 0 Å². The number of halogens is 1. The predicted molar refractivity (Wildman–Crippen MR) is 85.1 cm³/mol. The van der Waals surface area contributed by atoms with Crippen molar-refractivity contribution < 1.29 is 9.47 Å². The van der Waals surface area contributed by atoms with Crippen LogP contribution in [-0.4, -0.2) is 27.7 Å². The van der Waals surface area contributed by atoms with E-state index in [1.54, 1.807) is 0 Å². The Labute approximate surface area is 126 Å². The highest BCUT2D eigenvalue weighted by Gasteiger charge is 2.20. The lowest BCUT2D eigenvalue weighted by Crippen LogP contribution is -2.20. The lowest BCUT2D eigenvalue weighted by molar-refractivity contribution is 0.109. The topological polar surface area (TPSA) is 18.5 Å². The standard InChI is InChI=1S/C15H22BBrO2/c1-5-18-6-7-19-14-8-11(10-17)13(16)9-12(14)15(2,3)4/h8-9H,5-7,10H2,1-4H3. The molecule has 2 nitrogen and oxygen atoms in total. The summed E-state index contributed by atoms with van der Waals surface area (Å²) in [7, 11) is 6.06. The maximum absolute atomic E-state index is 6.06. The summed E-state index contributed by atoms with van der Waals surface area (Å²) in [6.45, 7) is 10.3. The minimum Gasteiger partial charge on any atom is -0.491 e. The summed E-state index contributed by atoms with van der Waals surface area (Å²) in [5, 5.41) is 0.727. The van der Waals surface area contributed by atoms with Crippen LogP contribution in [0.3, 0.4) is 0 Å². The van der Waals surface area contributed by atoms with E-state index in [0.29, 0.717) is 19.8 Å². The van der Waals surface area contributed by atoms with E-state index in [2.05, 4.69) is 36.7 Å². The molecule has 0 atom stereocenters. The van der Waals surface area contributed by atoms with E-state index < -0.39 is 0 Å². The second kappa shape index (κ2) is 7.35. The van der Waals surface area contributed by atoms with Gasteiger partial charge in [-0.2, -0.15) is 0 Å². The molecule has 0 spiro atoms. The molecule has 1 rings (SSSR count). The number of hydrogen-bond donors (Lipinski definition) is 0. The summed E-state index contributed by atoms with van der Waals surface area (Å²) in [5.41, 5.74) is 2.99. The zero-order valence-electron chi connectivity index (χ0n) is 12.3. The van der Waals surface area contributed by atoms with Gasteiger partial charge in [0.15, 0.2) is 0 Å². The third-order valence-electron chi connectivity index (χ3n) is 2.88. The molecule has 0 aromatic heterocycles. The Morgan fingerprint density at radius 2 is 1.89 bits per heavy atom. The highest BCUT2D eigenvalue weighted by molar-refractivity contribution is 9.08. The first-order valence-electron chi connectivity index (χ1n) is 6.59. The van der Waals surface area contributed by atoms with Gasteiger partial charge in [0.1, 0.15) is 20.2 Å². The first-order chi connectivity index (χ1) is 8.90. The molecule has 0 saturated carbocycles. The molecule has 1 aromatic rings. The molecule has 0 aliphatic carbocycles. The van der Waals surface area contributed by atoms with Gasteiger partial charge < -0.3 is 9.47 Å². The van der Waals surface area contributed by atoms with E-state index in [-0.39, 0.29) is 5.41 Å². The highest BCUT2D eigenvalue weighted by atomic mass is 79.9. The van der Waals surface area contributed by atoms with Crippen molar-refractivity contribution in [2.45, 2.75) is 38.4 Å². The van der Waals surface area contributed by atoms with Crippen molar-refractivity contribution >= 4 is 29.2 Å². The van der Waals surface area contributed by atoms with Gasteiger partial charge >= 0.3 is 0 Å². The minimum absolute atomic E-state index is 0.0000896. The lowest BCUT2D eigenvalue weighted by atomic mass is 9.80. The Balaban J connectivity index is 2.97. The minimum atomic E-state index is -0.0000896. The molecule has 104 valence electrons. The number of hydrogen-bond acceptors (Lipinski definition) is 2. The van der Waals surface area contributed by atoms with E-state index in [9.17, 15) is 0 Å². The fraction of sp³-hybridized carbons (Fsp3) is 0.600. The average molecular weight is 325 g/mol. The van der Waals surface area contributed by atoms with Gasteiger partial charge in [-0.3, -0.25) is 0 Å². The maximum atomic E-state index is 6.06. The molecule has 0 aliphatic rings. The van der Waals surface area contributed by atoms with Gasteiger partial charge in [0.05, 0.1) is 6.61 Å². The van der Waals surface area contributed by atoms with Gasteiger partial charge in [-0.1, -0.05) is 48.2 Å². The van der Waals surface area contributed by atoms with Crippen LogP contribution in [0, 0.1) is 0 Å². The number of benzene rings is 1. The highest BCUT2D eigenvalue weighted by Crippen LogP contribution is 2.31. The SMILES string of the molecule is [B]c1cc(C(C)(C)C)c(OCCOCC)cc1CBr. The van der Waals surface area contributed by atoms with Crippen molar-refractivity contribution in [3.8, 4) is 5.75 Å². The molecule has 1 aromatic carbocycles. The summed E-state index contributed by atoms with van der Waals surface area (Å²) in [5.74, 6) is 0.899. The van der Waals surface area contributed by atoms with Gasteiger partial charge in [-0.05, 0) is 29.5 Å². The molecular formula is C15H22BBrO2. The quantitative estimate of drug-likeness (QED) is 0.455. The summed E-state index contributed by atoms with van der Waals surface area (Å²) < 4.78 is 11.2. The van der Waals surface area contributed by atoms with Crippen LogP contribution in [0.5, 0.6) is 5.75 Å². The Kier molecular flexibility index (Phi) is 6.41. The van der Waals surface area contributed by atoms with Crippen LogP contribution in [0.2, 0.25) is 0 Å². The van der Waals surface area contributed by atoms with Crippen LogP contribution in [0.4, 0.5) is 0 Å². The maximum Gasteiger partial charge on any atom is 0.123 e. The smallest absolute Gasteiger partial charge is 0.123 e. The largest absolute Gasteiger partial charge is 0.491 e. The Morgan fingerprint density at radius 3 is 2.42 bits per heavy atom. The van der Waals surface area contributed by atoms with Crippen molar-refractivity contribution in [3.05, 3.63) is 23.3 Å². The summed E-state index contributed by atoms with van der Waals surface area (Å²) in [6, 6.07) is 4.04. The van der Waals surface area contributed by atoms with Gasteiger partial charge in [0.25, 0.3) is 0 Å². The van der Waals surface area contributed by atoms with E-state index in [1.165, 1.54) is 0 Å². The molecule has 2 radical (unpaired) electrons. The second-order valence-corrected chi connectivity index (χ2v) is 6.04. The van der Waals surface area contributed by atoms with Crippen LogP contribution < -0.4 is 10.2 Å². The molecule has 0 aliphatic heterocycles. The van der Waals surface area contributed by atoms with E-state index in [0.717, 1.165) is 27.7 Å². The fourth-order valence-corrected chi connectivity index (χ4v) is 2.30. The molecule has 4 heteroatoms. The molecule has 19 heavy (non-hydrogen) atoms. The Bertz CT molecular complexity index is 413. The Hall–Kier alpha value is -0.475. The third kappa shape index (κ3) is 4.85. The van der Waals surface area contributed by atoms with Gasteiger partial charge in [-0.15, -0.1) is 0 Å². The van der Waals surface area contributed by atoms with Crippen LogP contribution >= 0.6 is 15.9 Å². The zero-order valence-corrected chi connectivity index (χ0v) is 13.8. The van der Waals surface area contributed by atoms with Crippen molar-refractivity contribution in [3.63, 3.8) is 0 Å². The summed E-state index contributed by atoms with van der Waals surface area (Å²) in [4.78, 5) is 0. The summed E-state index contributed by atoms with van der Waals surface area (Å²) in [6.07, 6.45) is 0. The average Bonchev–Trinajstić information content (AvgIpc) is 2.34. The van der Waals surface area contributed by atoms with Gasteiger partial charge in [-0.25, -0.2) is 0 Å². The van der Waals surface area contributed by atoms with Crippen molar-refractivity contribution in [2.75, 3.05) is 19.8 Å². The van der Waals surface area contributed by atoms with Crippen molar-refractivity contribution in [1.82, 2.24) is 0 Å². The molecule has 0 fully saturated rings. The van der Waals surface area contributed by atoms with Crippen LogP contribution in [0.15, 0.2) is 12.1 Å².